The minimum atomic E-state index is -0.917. The number of nitrogens with one attached hydrogen (secondary N) is 1. The number of nitrogens with zero attached hydrogens (tertiary/aromatic N) is 2. The van der Waals surface area contributed by atoms with Gasteiger partial charge in [-0.15, -0.1) is 0 Å². The third kappa shape index (κ3) is 4.47. The molecule has 162 valence electrons. The van der Waals surface area contributed by atoms with E-state index in [9.17, 15) is 19.2 Å². The van der Waals surface area contributed by atoms with E-state index in [0.717, 1.165) is 29.7 Å². The molecule has 1 saturated heterocycles. The Balaban J connectivity index is 1.53. The molecule has 8 nitrogen and oxygen atoms in total. The largest absolute Gasteiger partial charge is 0.454 e. The molecule has 30 heavy (non-hydrogen) atoms. The second-order valence-corrected chi connectivity index (χ2v) is 7.99. The van der Waals surface area contributed by atoms with Crippen LogP contribution in [-0.2, 0) is 25.7 Å². The Morgan fingerprint density at radius 2 is 1.97 bits per heavy atom. The van der Waals surface area contributed by atoms with E-state index >= 15 is 0 Å². The van der Waals surface area contributed by atoms with Crippen molar-refractivity contribution in [2.24, 2.45) is 5.92 Å². The molecule has 2 aliphatic rings. The first-order chi connectivity index (χ1) is 14.4. The van der Waals surface area contributed by atoms with Gasteiger partial charge in [0, 0.05) is 13.1 Å². The number of rotatable bonds is 7. The van der Waals surface area contributed by atoms with Crippen molar-refractivity contribution in [3.05, 3.63) is 35.9 Å². The first kappa shape index (κ1) is 21.8. The number of benzene rings is 1. The normalized spacial score (nSPS) is 23.4. The molecule has 0 aromatic heterocycles. The number of carbonyl (C=O) groups excluding carboxylic acids is 4. The number of imide groups is 1. The number of esters is 1. The smallest absolute Gasteiger partial charge is 0.326 e. The van der Waals surface area contributed by atoms with E-state index in [1.54, 1.807) is 4.90 Å². The Morgan fingerprint density at radius 3 is 2.63 bits per heavy atom. The molecule has 1 aromatic rings. The van der Waals surface area contributed by atoms with Crippen molar-refractivity contribution >= 4 is 23.8 Å². The van der Waals surface area contributed by atoms with Crippen molar-refractivity contribution in [1.29, 1.82) is 0 Å². The molecule has 1 saturated carbocycles. The van der Waals surface area contributed by atoms with Crippen molar-refractivity contribution < 1.29 is 23.9 Å². The topological polar surface area (TPSA) is 96.0 Å². The lowest BCUT2D eigenvalue weighted by Gasteiger charge is -2.36. The highest BCUT2D eigenvalue weighted by molar-refractivity contribution is 6.09. The maximum absolute atomic E-state index is 12.9. The lowest BCUT2D eigenvalue weighted by Crippen LogP contribution is -2.54. The summed E-state index contributed by atoms with van der Waals surface area (Å²) in [7, 11) is 0. The second-order valence-electron chi connectivity index (χ2n) is 7.99. The molecule has 1 N–H and O–H groups in total. The summed E-state index contributed by atoms with van der Waals surface area (Å²) in [6, 6.07) is 8.95. The van der Waals surface area contributed by atoms with Crippen LogP contribution in [0.5, 0.6) is 0 Å². The summed E-state index contributed by atoms with van der Waals surface area (Å²) in [4.78, 5) is 52.4. The summed E-state index contributed by atoms with van der Waals surface area (Å²) in [5.41, 5.74) is 0.0606. The molecule has 2 atom stereocenters. The number of ether oxygens (including phenoxy) is 1. The lowest BCUT2D eigenvalue weighted by molar-refractivity contribution is -0.154. The third-order valence-electron chi connectivity index (χ3n) is 6.10. The monoisotopic (exact) mass is 415 g/mol. The molecule has 0 unspecified atom stereocenters. The predicted molar refractivity (Wildman–Crippen MR) is 109 cm³/mol. The Bertz CT molecular complexity index is 812. The summed E-state index contributed by atoms with van der Waals surface area (Å²) in [6.45, 7) is 3.77. The third-order valence-corrected chi connectivity index (χ3v) is 6.10. The molecule has 1 aromatic carbocycles. The van der Waals surface area contributed by atoms with Crippen LogP contribution in [0.3, 0.4) is 0 Å². The minimum Gasteiger partial charge on any atom is -0.454 e. The lowest BCUT2D eigenvalue weighted by atomic mass is 9.73. The molecule has 2 fully saturated rings. The standard InChI is InChI=1S/C22H29N3O5/c1-3-24(13-17-10-5-4-6-11-17)18(26)15-30-19(27)14-25-20(28)22(23-21(25)29)12-8-7-9-16(22)2/h4-6,10-11,16H,3,7-9,12-15H2,1-2H3,(H,23,29)/t16-,22+/m0/s1. The van der Waals surface area contributed by atoms with E-state index in [2.05, 4.69) is 5.32 Å². The summed E-state index contributed by atoms with van der Waals surface area (Å²) in [5.74, 6) is -1.46. The average Bonchev–Trinajstić information content (AvgIpc) is 2.98. The van der Waals surface area contributed by atoms with E-state index in [0.29, 0.717) is 19.5 Å². The van der Waals surface area contributed by atoms with Crippen LogP contribution in [0.1, 0.15) is 45.1 Å². The van der Waals surface area contributed by atoms with Gasteiger partial charge in [0.15, 0.2) is 6.61 Å². The zero-order chi connectivity index (χ0) is 21.7. The minimum absolute atomic E-state index is 0.0152. The fourth-order valence-electron chi connectivity index (χ4n) is 4.23. The van der Waals surface area contributed by atoms with Gasteiger partial charge in [-0.1, -0.05) is 50.1 Å². The Labute approximate surface area is 176 Å². The van der Waals surface area contributed by atoms with Gasteiger partial charge >= 0.3 is 12.0 Å². The van der Waals surface area contributed by atoms with Gasteiger partial charge in [0.1, 0.15) is 12.1 Å². The van der Waals surface area contributed by atoms with Gasteiger partial charge in [-0.3, -0.25) is 19.3 Å². The maximum Gasteiger partial charge on any atom is 0.326 e. The SMILES string of the molecule is CCN(Cc1ccccc1)C(=O)COC(=O)CN1C(=O)N[C@@]2(CCCC[C@@H]2C)C1=O. The number of amides is 4. The Morgan fingerprint density at radius 1 is 1.23 bits per heavy atom. The first-order valence-corrected chi connectivity index (χ1v) is 10.5. The fourth-order valence-corrected chi connectivity index (χ4v) is 4.23. The summed E-state index contributed by atoms with van der Waals surface area (Å²) < 4.78 is 5.08. The number of likely N-dealkylation sites (N-methyl/N-ethyl adjacent to an activating group) is 1. The summed E-state index contributed by atoms with van der Waals surface area (Å²) in [6.07, 6.45) is 3.31. The van der Waals surface area contributed by atoms with Gasteiger partial charge in [-0.05, 0) is 31.2 Å². The summed E-state index contributed by atoms with van der Waals surface area (Å²) in [5, 5.41) is 2.80. The molecule has 8 heteroatoms. The summed E-state index contributed by atoms with van der Waals surface area (Å²) >= 11 is 0. The van der Waals surface area contributed by atoms with E-state index in [4.69, 9.17) is 4.74 Å². The molecule has 0 radical (unpaired) electrons. The van der Waals surface area contributed by atoms with Crippen molar-refractivity contribution in [3.8, 4) is 0 Å². The molecule has 1 heterocycles. The number of urea groups is 1. The van der Waals surface area contributed by atoms with Crippen LogP contribution in [0.15, 0.2) is 30.3 Å². The highest BCUT2D eigenvalue weighted by Gasteiger charge is 2.55. The zero-order valence-electron chi connectivity index (χ0n) is 17.6. The van der Waals surface area contributed by atoms with Crippen molar-refractivity contribution in [3.63, 3.8) is 0 Å². The van der Waals surface area contributed by atoms with Gasteiger partial charge in [0.25, 0.3) is 11.8 Å². The zero-order valence-corrected chi connectivity index (χ0v) is 17.6. The highest BCUT2D eigenvalue weighted by atomic mass is 16.5. The van der Waals surface area contributed by atoms with Gasteiger partial charge in [0.05, 0.1) is 0 Å². The molecular weight excluding hydrogens is 386 g/mol. The second kappa shape index (κ2) is 9.28. The molecular formula is C22H29N3O5. The quantitative estimate of drug-likeness (QED) is 0.543. The average molecular weight is 415 g/mol. The maximum atomic E-state index is 12.9. The number of carbonyl (C=O) groups is 4. The molecule has 1 spiro atoms. The van der Waals surface area contributed by atoms with Gasteiger partial charge in [-0.2, -0.15) is 0 Å². The van der Waals surface area contributed by atoms with Crippen LogP contribution in [0, 0.1) is 5.92 Å². The van der Waals surface area contributed by atoms with Crippen LogP contribution in [-0.4, -0.2) is 58.8 Å². The van der Waals surface area contributed by atoms with Gasteiger partial charge in [0.2, 0.25) is 0 Å². The van der Waals surface area contributed by atoms with Crippen LogP contribution in [0.25, 0.3) is 0 Å². The van der Waals surface area contributed by atoms with E-state index < -0.39 is 30.7 Å². The van der Waals surface area contributed by atoms with Crippen LogP contribution < -0.4 is 5.32 Å². The molecule has 1 aliphatic heterocycles. The van der Waals surface area contributed by atoms with Gasteiger partial charge in [-0.25, -0.2) is 4.79 Å². The molecule has 0 bridgehead atoms. The van der Waals surface area contributed by atoms with Crippen LogP contribution >= 0.6 is 0 Å². The van der Waals surface area contributed by atoms with Crippen LogP contribution in [0.4, 0.5) is 4.79 Å². The Hall–Kier alpha value is -2.90. The highest BCUT2D eigenvalue weighted by Crippen LogP contribution is 2.38. The fraction of sp³-hybridized carbons (Fsp3) is 0.545. The Kier molecular flexibility index (Phi) is 6.74. The number of hydrogen-bond donors (Lipinski definition) is 1. The van der Waals surface area contributed by atoms with Crippen molar-refractivity contribution in [2.45, 2.75) is 51.6 Å². The molecule has 3 rings (SSSR count). The van der Waals surface area contributed by atoms with E-state index in [1.165, 1.54) is 0 Å². The van der Waals surface area contributed by atoms with Crippen LogP contribution in [0.2, 0.25) is 0 Å². The predicted octanol–water partition coefficient (Wildman–Crippen LogP) is 2.08. The van der Waals surface area contributed by atoms with Crippen molar-refractivity contribution in [1.82, 2.24) is 15.1 Å². The van der Waals surface area contributed by atoms with Crippen molar-refractivity contribution in [2.75, 3.05) is 19.7 Å². The molecule has 1 aliphatic carbocycles. The van der Waals surface area contributed by atoms with E-state index in [1.807, 2.05) is 44.2 Å². The van der Waals surface area contributed by atoms with Gasteiger partial charge < -0.3 is 15.0 Å². The number of hydrogen-bond acceptors (Lipinski definition) is 5. The molecule has 4 amide bonds. The first-order valence-electron chi connectivity index (χ1n) is 10.5. The van der Waals surface area contributed by atoms with E-state index in [-0.39, 0.29) is 17.7 Å².